The first-order chi connectivity index (χ1) is 8.56. The van der Waals surface area contributed by atoms with E-state index in [1.165, 1.54) is 24.3 Å². The quantitative estimate of drug-likeness (QED) is 0.904. The molecule has 0 aliphatic carbocycles. The van der Waals surface area contributed by atoms with Crippen LogP contribution in [-0.4, -0.2) is 5.91 Å². The molecule has 1 aromatic carbocycles. The smallest absolute Gasteiger partial charge is 0.251 e. The van der Waals surface area contributed by atoms with Crippen LogP contribution in [0, 0.1) is 12.7 Å². The van der Waals surface area contributed by atoms with Crippen molar-refractivity contribution in [1.82, 2.24) is 5.32 Å². The Kier molecular flexibility index (Phi) is 3.46. The second-order valence-electron chi connectivity index (χ2n) is 4.15. The van der Waals surface area contributed by atoms with Crippen LogP contribution >= 0.6 is 0 Å². The fraction of sp³-hybridized carbons (Fsp3) is 0.214. The van der Waals surface area contributed by atoms with Gasteiger partial charge >= 0.3 is 0 Å². The summed E-state index contributed by atoms with van der Waals surface area (Å²) in [5.41, 5.74) is 0.423. The van der Waals surface area contributed by atoms with Crippen LogP contribution in [0.3, 0.4) is 0 Å². The third kappa shape index (κ3) is 2.77. The van der Waals surface area contributed by atoms with Crippen molar-refractivity contribution in [3.05, 3.63) is 59.3 Å². The highest BCUT2D eigenvalue weighted by atomic mass is 19.1. The molecule has 1 atom stereocenters. The minimum atomic E-state index is -0.360. The summed E-state index contributed by atoms with van der Waals surface area (Å²) < 4.78 is 18.2. The summed E-state index contributed by atoms with van der Waals surface area (Å²) in [6.45, 7) is 3.68. The lowest BCUT2D eigenvalue weighted by atomic mass is 10.2. The summed E-state index contributed by atoms with van der Waals surface area (Å²) in [5.74, 6) is 0.883. The van der Waals surface area contributed by atoms with Gasteiger partial charge in [-0.2, -0.15) is 0 Å². The van der Waals surface area contributed by atoms with Gasteiger partial charge in [0.05, 0.1) is 6.04 Å². The second kappa shape index (κ2) is 5.04. The van der Waals surface area contributed by atoms with E-state index < -0.39 is 0 Å². The molecule has 0 fully saturated rings. The molecular formula is C14H14FNO2. The first-order valence-corrected chi connectivity index (χ1v) is 5.69. The zero-order valence-corrected chi connectivity index (χ0v) is 10.2. The number of amides is 1. The van der Waals surface area contributed by atoms with Gasteiger partial charge in [-0.15, -0.1) is 0 Å². The summed E-state index contributed by atoms with van der Waals surface area (Å²) in [6, 6.07) is 8.86. The van der Waals surface area contributed by atoms with Gasteiger partial charge < -0.3 is 9.73 Å². The Hall–Kier alpha value is -2.10. The summed E-state index contributed by atoms with van der Waals surface area (Å²) in [5, 5.41) is 2.79. The van der Waals surface area contributed by atoms with Gasteiger partial charge in [-0.1, -0.05) is 0 Å². The van der Waals surface area contributed by atoms with Gasteiger partial charge in [0, 0.05) is 5.56 Å². The average molecular weight is 247 g/mol. The van der Waals surface area contributed by atoms with Crippen molar-refractivity contribution in [2.45, 2.75) is 19.9 Å². The minimum absolute atomic E-state index is 0.226. The summed E-state index contributed by atoms with van der Waals surface area (Å²) in [4.78, 5) is 11.9. The number of furan rings is 1. The van der Waals surface area contributed by atoms with Crippen molar-refractivity contribution >= 4 is 5.91 Å². The number of hydrogen-bond acceptors (Lipinski definition) is 2. The number of halogens is 1. The van der Waals surface area contributed by atoms with Gasteiger partial charge in [0.2, 0.25) is 0 Å². The molecule has 0 aliphatic rings. The molecule has 0 unspecified atom stereocenters. The van der Waals surface area contributed by atoms with E-state index in [1.54, 1.807) is 0 Å². The Morgan fingerprint density at radius 2 is 1.89 bits per heavy atom. The van der Waals surface area contributed by atoms with Crippen molar-refractivity contribution in [2.24, 2.45) is 0 Å². The Bertz CT molecular complexity index is 545. The fourth-order valence-electron chi connectivity index (χ4n) is 1.64. The largest absolute Gasteiger partial charge is 0.464 e. The number of carbonyl (C=O) groups excluding carboxylic acids is 1. The van der Waals surface area contributed by atoms with Crippen LogP contribution in [0.4, 0.5) is 4.39 Å². The molecule has 2 rings (SSSR count). The second-order valence-corrected chi connectivity index (χ2v) is 4.15. The summed E-state index contributed by atoms with van der Waals surface area (Å²) in [6.07, 6.45) is 0. The number of hydrogen-bond donors (Lipinski definition) is 1. The van der Waals surface area contributed by atoms with Gasteiger partial charge in [0.1, 0.15) is 17.3 Å². The number of carbonyl (C=O) groups is 1. The standard InChI is InChI=1S/C14H14FNO2/c1-9-3-8-13(18-9)10(2)16-14(17)11-4-6-12(15)7-5-11/h3-8,10H,1-2H3,(H,16,17)/t10-/m0/s1. The van der Waals surface area contributed by atoms with Gasteiger partial charge in [-0.25, -0.2) is 4.39 Å². The van der Waals surface area contributed by atoms with E-state index in [-0.39, 0.29) is 17.8 Å². The van der Waals surface area contributed by atoms with Crippen LogP contribution in [0.15, 0.2) is 40.8 Å². The molecule has 1 aromatic heterocycles. The number of aryl methyl sites for hydroxylation is 1. The van der Waals surface area contributed by atoms with E-state index in [1.807, 2.05) is 26.0 Å². The van der Waals surface area contributed by atoms with Crippen molar-refractivity contribution < 1.29 is 13.6 Å². The zero-order valence-electron chi connectivity index (χ0n) is 10.2. The lowest BCUT2D eigenvalue weighted by Crippen LogP contribution is -2.26. The molecule has 0 aliphatic heterocycles. The first-order valence-electron chi connectivity index (χ1n) is 5.69. The highest BCUT2D eigenvalue weighted by Crippen LogP contribution is 2.16. The number of benzene rings is 1. The molecule has 2 aromatic rings. The molecule has 0 saturated heterocycles. The number of rotatable bonds is 3. The van der Waals surface area contributed by atoms with Crippen molar-refractivity contribution in [2.75, 3.05) is 0 Å². The van der Waals surface area contributed by atoms with Crippen LogP contribution < -0.4 is 5.32 Å². The summed E-state index contributed by atoms with van der Waals surface area (Å²) >= 11 is 0. The predicted molar refractivity (Wildman–Crippen MR) is 65.7 cm³/mol. The summed E-state index contributed by atoms with van der Waals surface area (Å²) in [7, 11) is 0. The maximum Gasteiger partial charge on any atom is 0.251 e. The van der Waals surface area contributed by atoms with Crippen molar-refractivity contribution in [1.29, 1.82) is 0 Å². The molecule has 0 spiro atoms. The van der Waals surface area contributed by atoms with E-state index in [4.69, 9.17) is 4.42 Å². The molecule has 0 bridgehead atoms. The van der Waals surface area contributed by atoms with Gasteiger partial charge in [-0.05, 0) is 50.2 Å². The zero-order chi connectivity index (χ0) is 13.1. The Labute approximate surface area is 105 Å². The Morgan fingerprint density at radius 1 is 1.22 bits per heavy atom. The van der Waals surface area contributed by atoms with Gasteiger partial charge in [-0.3, -0.25) is 4.79 Å². The molecule has 1 N–H and O–H groups in total. The van der Waals surface area contributed by atoms with E-state index in [2.05, 4.69) is 5.32 Å². The Balaban J connectivity index is 2.05. The average Bonchev–Trinajstić information content (AvgIpc) is 2.76. The van der Waals surface area contributed by atoms with Crippen LogP contribution in [-0.2, 0) is 0 Å². The van der Waals surface area contributed by atoms with Gasteiger partial charge in [0.15, 0.2) is 0 Å². The normalized spacial score (nSPS) is 12.2. The van der Waals surface area contributed by atoms with E-state index in [0.29, 0.717) is 11.3 Å². The van der Waals surface area contributed by atoms with Crippen LogP contribution in [0.2, 0.25) is 0 Å². The lowest BCUT2D eigenvalue weighted by Gasteiger charge is -2.11. The topological polar surface area (TPSA) is 42.2 Å². The Morgan fingerprint density at radius 3 is 2.44 bits per heavy atom. The number of nitrogens with one attached hydrogen (secondary N) is 1. The lowest BCUT2D eigenvalue weighted by molar-refractivity contribution is 0.0935. The molecule has 94 valence electrons. The van der Waals surface area contributed by atoms with Gasteiger partial charge in [0.25, 0.3) is 5.91 Å². The van der Waals surface area contributed by atoms with Crippen molar-refractivity contribution in [3.8, 4) is 0 Å². The van der Waals surface area contributed by atoms with Crippen LogP contribution in [0.1, 0.15) is 34.8 Å². The SMILES string of the molecule is Cc1ccc([C@H](C)NC(=O)c2ccc(F)cc2)o1. The van der Waals surface area contributed by atoms with E-state index in [0.717, 1.165) is 5.76 Å². The molecule has 1 amide bonds. The first kappa shape index (κ1) is 12.4. The molecule has 4 heteroatoms. The molecule has 3 nitrogen and oxygen atoms in total. The maximum atomic E-state index is 12.7. The third-order valence-electron chi connectivity index (χ3n) is 2.64. The highest BCUT2D eigenvalue weighted by Gasteiger charge is 2.13. The molecule has 0 saturated carbocycles. The monoisotopic (exact) mass is 247 g/mol. The molecule has 1 heterocycles. The highest BCUT2D eigenvalue weighted by molar-refractivity contribution is 5.94. The van der Waals surface area contributed by atoms with Crippen LogP contribution in [0.25, 0.3) is 0 Å². The third-order valence-corrected chi connectivity index (χ3v) is 2.64. The molecule has 0 radical (unpaired) electrons. The fourth-order valence-corrected chi connectivity index (χ4v) is 1.64. The molecule has 18 heavy (non-hydrogen) atoms. The molecular weight excluding hydrogens is 233 g/mol. The predicted octanol–water partition coefficient (Wildman–Crippen LogP) is 3.22. The van der Waals surface area contributed by atoms with Crippen molar-refractivity contribution in [3.63, 3.8) is 0 Å². The van der Waals surface area contributed by atoms with E-state index >= 15 is 0 Å². The maximum absolute atomic E-state index is 12.7. The minimum Gasteiger partial charge on any atom is -0.464 e. The van der Waals surface area contributed by atoms with Crippen LogP contribution in [0.5, 0.6) is 0 Å². The van der Waals surface area contributed by atoms with E-state index in [9.17, 15) is 9.18 Å².